The summed E-state index contributed by atoms with van der Waals surface area (Å²) in [6, 6.07) is 7.25. The van der Waals surface area contributed by atoms with E-state index in [-0.39, 0.29) is 0 Å². The van der Waals surface area contributed by atoms with Crippen LogP contribution in [-0.4, -0.2) is 21.3 Å². The van der Waals surface area contributed by atoms with Crippen LogP contribution in [0.5, 0.6) is 17.2 Å². The van der Waals surface area contributed by atoms with E-state index < -0.39 is 5.38 Å². The van der Waals surface area contributed by atoms with E-state index in [1.165, 1.54) is 0 Å². The maximum atomic E-state index is 6.51. The number of ether oxygens (including phenoxy) is 3. The van der Waals surface area contributed by atoms with Gasteiger partial charge in [-0.05, 0) is 19.1 Å². The summed E-state index contributed by atoms with van der Waals surface area (Å²) in [6.45, 7) is 1.87. The van der Waals surface area contributed by atoms with Gasteiger partial charge in [0.15, 0.2) is 0 Å². The van der Waals surface area contributed by atoms with Crippen LogP contribution < -0.4 is 14.2 Å². The molecule has 0 spiro atoms. The molecule has 1 atom stereocenters. The molecule has 0 saturated heterocycles. The molecule has 1 heterocycles. The van der Waals surface area contributed by atoms with Gasteiger partial charge in [-0.1, -0.05) is 0 Å². The van der Waals surface area contributed by atoms with Crippen LogP contribution >= 0.6 is 11.6 Å². The van der Waals surface area contributed by atoms with Crippen molar-refractivity contribution in [2.75, 3.05) is 21.3 Å². The van der Waals surface area contributed by atoms with Gasteiger partial charge in [0, 0.05) is 12.1 Å². The smallest absolute Gasteiger partial charge is 0.131 e. The minimum Gasteiger partial charge on any atom is -0.496 e. The summed E-state index contributed by atoms with van der Waals surface area (Å²) in [7, 11) is 4.74. The fraction of sp³-hybridized carbons (Fsp3) is 0.333. The summed E-state index contributed by atoms with van der Waals surface area (Å²) < 4.78 is 21.6. The van der Waals surface area contributed by atoms with E-state index in [1.807, 2.05) is 19.1 Å². The van der Waals surface area contributed by atoms with E-state index in [1.54, 1.807) is 33.5 Å². The SMILES string of the molecule is COc1cc(OC)c(C(Cl)c2ccc(C)o2)c(OC)c1. The number of methoxy groups -OCH3 is 3. The summed E-state index contributed by atoms with van der Waals surface area (Å²) >= 11 is 6.51. The molecular weight excluding hydrogens is 280 g/mol. The van der Waals surface area contributed by atoms with Crippen molar-refractivity contribution < 1.29 is 18.6 Å². The molecule has 5 heteroatoms. The lowest BCUT2D eigenvalue weighted by atomic mass is 10.1. The van der Waals surface area contributed by atoms with Gasteiger partial charge in [-0.2, -0.15) is 0 Å². The second-order valence-electron chi connectivity index (χ2n) is 4.26. The molecule has 0 aliphatic rings. The highest BCUT2D eigenvalue weighted by molar-refractivity contribution is 6.22. The van der Waals surface area contributed by atoms with Crippen LogP contribution in [0.25, 0.3) is 0 Å². The Hall–Kier alpha value is -1.81. The number of benzene rings is 1. The van der Waals surface area contributed by atoms with Crippen LogP contribution in [0.4, 0.5) is 0 Å². The van der Waals surface area contributed by atoms with Gasteiger partial charge in [-0.25, -0.2) is 0 Å². The van der Waals surface area contributed by atoms with Crippen molar-refractivity contribution in [1.29, 1.82) is 0 Å². The predicted octanol–water partition coefficient (Wildman–Crippen LogP) is 3.94. The number of hydrogen-bond acceptors (Lipinski definition) is 4. The predicted molar refractivity (Wildman–Crippen MR) is 77.2 cm³/mol. The quantitative estimate of drug-likeness (QED) is 0.784. The van der Waals surface area contributed by atoms with Gasteiger partial charge in [0.25, 0.3) is 0 Å². The van der Waals surface area contributed by atoms with Crippen molar-refractivity contribution in [2.24, 2.45) is 0 Å². The molecule has 4 nitrogen and oxygen atoms in total. The second-order valence-corrected chi connectivity index (χ2v) is 4.69. The van der Waals surface area contributed by atoms with Gasteiger partial charge in [0.2, 0.25) is 0 Å². The third-order valence-corrected chi connectivity index (χ3v) is 3.45. The third kappa shape index (κ3) is 2.70. The molecule has 0 amide bonds. The molecule has 108 valence electrons. The Kier molecular flexibility index (Phi) is 4.45. The standard InChI is InChI=1S/C15H17ClO4/c1-9-5-6-11(20-9)15(16)14-12(18-3)7-10(17-2)8-13(14)19-4/h5-8,15H,1-4H3. The lowest BCUT2D eigenvalue weighted by Crippen LogP contribution is -2.01. The first kappa shape index (κ1) is 14.6. The number of alkyl halides is 1. The van der Waals surface area contributed by atoms with Crippen LogP contribution in [0.2, 0.25) is 0 Å². The van der Waals surface area contributed by atoms with Crippen molar-refractivity contribution >= 4 is 11.6 Å². The number of hydrogen-bond donors (Lipinski definition) is 0. The maximum absolute atomic E-state index is 6.51. The van der Waals surface area contributed by atoms with Crippen LogP contribution in [0.3, 0.4) is 0 Å². The highest BCUT2D eigenvalue weighted by Crippen LogP contribution is 2.44. The van der Waals surface area contributed by atoms with Crippen LogP contribution in [0.15, 0.2) is 28.7 Å². The summed E-state index contributed by atoms with van der Waals surface area (Å²) in [5, 5.41) is -0.500. The summed E-state index contributed by atoms with van der Waals surface area (Å²) in [5.41, 5.74) is 0.715. The van der Waals surface area contributed by atoms with Crippen molar-refractivity contribution in [1.82, 2.24) is 0 Å². The largest absolute Gasteiger partial charge is 0.496 e. The van der Waals surface area contributed by atoms with Crippen LogP contribution in [-0.2, 0) is 0 Å². The average Bonchev–Trinajstić information content (AvgIpc) is 2.91. The van der Waals surface area contributed by atoms with Crippen LogP contribution in [0.1, 0.15) is 22.5 Å². The summed E-state index contributed by atoms with van der Waals surface area (Å²) in [5.74, 6) is 3.27. The summed E-state index contributed by atoms with van der Waals surface area (Å²) in [6.07, 6.45) is 0. The molecule has 0 aliphatic heterocycles. The Bertz CT molecular complexity index is 566. The Balaban J connectivity index is 2.53. The molecule has 0 fully saturated rings. The van der Waals surface area contributed by atoms with Gasteiger partial charge in [0.05, 0.1) is 26.9 Å². The van der Waals surface area contributed by atoms with Gasteiger partial charge in [0.1, 0.15) is 34.1 Å². The Morgan fingerprint density at radius 1 is 1.00 bits per heavy atom. The van der Waals surface area contributed by atoms with E-state index in [0.717, 1.165) is 5.76 Å². The maximum Gasteiger partial charge on any atom is 0.131 e. The molecule has 0 N–H and O–H groups in total. The average molecular weight is 297 g/mol. The number of halogens is 1. The molecule has 2 aromatic rings. The Morgan fingerprint density at radius 3 is 2.00 bits per heavy atom. The van der Waals surface area contributed by atoms with E-state index in [9.17, 15) is 0 Å². The first-order chi connectivity index (χ1) is 9.60. The highest BCUT2D eigenvalue weighted by atomic mass is 35.5. The molecule has 1 aromatic carbocycles. The van der Waals surface area contributed by atoms with Gasteiger partial charge >= 0.3 is 0 Å². The fourth-order valence-electron chi connectivity index (χ4n) is 2.01. The molecule has 2 rings (SSSR count). The zero-order valence-electron chi connectivity index (χ0n) is 11.9. The lowest BCUT2D eigenvalue weighted by Gasteiger charge is -2.17. The van der Waals surface area contributed by atoms with E-state index in [2.05, 4.69) is 0 Å². The van der Waals surface area contributed by atoms with Crippen molar-refractivity contribution in [3.05, 3.63) is 41.3 Å². The molecular formula is C15H17ClO4. The minimum atomic E-state index is -0.500. The molecule has 20 heavy (non-hydrogen) atoms. The van der Waals surface area contributed by atoms with Crippen molar-refractivity contribution in [3.63, 3.8) is 0 Å². The topological polar surface area (TPSA) is 40.8 Å². The van der Waals surface area contributed by atoms with Crippen molar-refractivity contribution in [3.8, 4) is 17.2 Å². The van der Waals surface area contributed by atoms with Gasteiger partial charge in [-0.3, -0.25) is 0 Å². The number of rotatable bonds is 5. The molecule has 0 bridgehead atoms. The molecule has 1 unspecified atom stereocenters. The molecule has 0 saturated carbocycles. The summed E-state index contributed by atoms with van der Waals surface area (Å²) in [4.78, 5) is 0. The Labute approximate surface area is 123 Å². The molecule has 0 radical (unpaired) electrons. The zero-order chi connectivity index (χ0) is 14.7. The highest BCUT2D eigenvalue weighted by Gasteiger charge is 2.24. The lowest BCUT2D eigenvalue weighted by molar-refractivity contribution is 0.367. The fourth-order valence-corrected chi connectivity index (χ4v) is 2.35. The monoisotopic (exact) mass is 296 g/mol. The van der Waals surface area contributed by atoms with Gasteiger partial charge in [-0.15, -0.1) is 11.6 Å². The molecule has 0 aliphatic carbocycles. The second kappa shape index (κ2) is 6.09. The third-order valence-electron chi connectivity index (χ3n) is 3.02. The normalized spacial score (nSPS) is 12.1. The van der Waals surface area contributed by atoms with E-state index in [4.69, 9.17) is 30.2 Å². The van der Waals surface area contributed by atoms with E-state index >= 15 is 0 Å². The first-order valence-electron chi connectivity index (χ1n) is 6.11. The number of aryl methyl sites for hydroxylation is 1. The Morgan fingerprint density at radius 2 is 1.60 bits per heavy atom. The first-order valence-corrected chi connectivity index (χ1v) is 6.54. The van der Waals surface area contributed by atoms with Crippen molar-refractivity contribution in [2.45, 2.75) is 12.3 Å². The van der Waals surface area contributed by atoms with E-state index in [0.29, 0.717) is 28.6 Å². The minimum absolute atomic E-state index is 0.500. The van der Waals surface area contributed by atoms with Crippen LogP contribution in [0, 0.1) is 6.92 Å². The number of furan rings is 1. The molecule has 1 aromatic heterocycles. The van der Waals surface area contributed by atoms with Gasteiger partial charge < -0.3 is 18.6 Å². The zero-order valence-corrected chi connectivity index (χ0v) is 12.7.